The van der Waals surface area contributed by atoms with Gasteiger partial charge in [-0.2, -0.15) is 0 Å². The third-order valence-corrected chi connectivity index (χ3v) is 4.73. The summed E-state index contributed by atoms with van der Waals surface area (Å²) < 4.78 is 0. The fourth-order valence-electron chi connectivity index (χ4n) is 3.24. The van der Waals surface area contributed by atoms with Crippen LogP contribution in [0.3, 0.4) is 0 Å². The average molecular weight is 361 g/mol. The Balaban J connectivity index is 1.51. The van der Waals surface area contributed by atoms with Crippen LogP contribution in [-0.4, -0.2) is 37.1 Å². The number of hydrogen-bond donors (Lipinski definition) is 2. The van der Waals surface area contributed by atoms with Gasteiger partial charge in [-0.05, 0) is 11.1 Å². The SMILES string of the molecule is O=C(C(O)C(O)c1cncc(-c2ccccc2)n1)N1Cc2ccccc2C1. The number of amides is 1. The van der Waals surface area contributed by atoms with Crippen LogP contribution >= 0.6 is 0 Å². The van der Waals surface area contributed by atoms with Gasteiger partial charge < -0.3 is 15.1 Å². The molecule has 0 saturated heterocycles. The van der Waals surface area contributed by atoms with E-state index >= 15 is 0 Å². The van der Waals surface area contributed by atoms with Crippen LogP contribution in [0.4, 0.5) is 0 Å². The third kappa shape index (κ3) is 3.45. The Morgan fingerprint density at radius 1 is 0.926 bits per heavy atom. The lowest BCUT2D eigenvalue weighted by molar-refractivity contribution is -0.147. The number of carbonyl (C=O) groups excluding carboxylic acids is 1. The van der Waals surface area contributed by atoms with Crippen LogP contribution in [0.2, 0.25) is 0 Å². The molecule has 0 bridgehead atoms. The molecule has 136 valence electrons. The van der Waals surface area contributed by atoms with Crippen molar-refractivity contribution in [2.45, 2.75) is 25.3 Å². The summed E-state index contributed by atoms with van der Waals surface area (Å²) in [6.07, 6.45) is -0.0968. The van der Waals surface area contributed by atoms with E-state index in [4.69, 9.17) is 0 Å². The van der Waals surface area contributed by atoms with Crippen molar-refractivity contribution in [3.63, 3.8) is 0 Å². The van der Waals surface area contributed by atoms with Crippen molar-refractivity contribution in [1.82, 2.24) is 14.9 Å². The Hall–Kier alpha value is -3.09. The van der Waals surface area contributed by atoms with E-state index in [9.17, 15) is 15.0 Å². The first-order chi connectivity index (χ1) is 13.1. The lowest BCUT2D eigenvalue weighted by Gasteiger charge is -2.23. The molecule has 2 atom stereocenters. The predicted molar refractivity (Wildman–Crippen MR) is 99.1 cm³/mol. The van der Waals surface area contributed by atoms with Crippen LogP contribution in [0.1, 0.15) is 22.9 Å². The summed E-state index contributed by atoms with van der Waals surface area (Å²) in [5.41, 5.74) is 3.68. The van der Waals surface area contributed by atoms with Gasteiger partial charge in [0.05, 0.1) is 23.8 Å². The van der Waals surface area contributed by atoms with Crippen molar-refractivity contribution >= 4 is 5.91 Å². The first kappa shape index (κ1) is 17.3. The fourth-order valence-corrected chi connectivity index (χ4v) is 3.24. The summed E-state index contributed by atoms with van der Waals surface area (Å²) in [4.78, 5) is 22.7. The molecule has 4 rings (SSSR count). The molecule has 1 aliphatic rings. The maximum atomic E-state index is 12.7. The highest BCUT2D eigenvalue weighted by atomic mass is 16.3. The molecule has 2 unspecified atom stereocenters. The summed E-state index contributed by atoms with van der Waals surface area (Å²) in [5, 5.41) is 20.9. The van der Waals surface area contributed by atoms with Crippen LogP contribution in [0, 0.1) is 0 Å². The van der Waals surface area contributed by atoms with Crippen LogP contribution < -0.4 is 0 Å². The molecule has 0 aliphatic carbocycles. The van der Waals surface area contributed by atoms with Gasteiger partial charge in [-0.25, -0.2) is 4.98 Å². The Bertz CT molecular complexity index is 937. The predicted octanol–water partition coefficient (Wildman–Crippen LogP) is 2.08. The maximum Gasteiger partial charge on any atom is 0.255 e. The van der Waals surface area contributed by atoms with Gasteiger partial charge in [-0.1, -0.05) is 54.6 Å². The normalized spacial score (nSPS) is 15.3. The zero-order chi connectivity index (χ0) is 18.8. The Morgan fingerprint density at radius 2 is 1.56 bits per heavy atom. The van der Waals surface area contributed by atoms with Crippen LogP contribution in [0.5, 0.6) is 0 Å². The molecule has 0 fully saturated rings. The van der Waals surface area contributed by atoms with E-state index in [-0.39, 0.29) is 5.69 Å². The fraction of sp³-hybridized carbons (Fsp3) is 0.190. The van der Waals surface area contributed by atoms with Crippen molar-refractivity contribution in [1.29, 1.82) is 0 Å². The van der Waals surface area contributed by atoms with E-state index in [1.54, 1.807) is 6.20 Å². The molecule has 0 saturated carbocycles. The molecular formula is C21H19N3O3. The average Bonchev–Trinajstić information content (AvgIpc) is 3.17. The molecule has 2 N–H and O–H groups in total. The number of aliphatic hydroxyl groups is 2. The zero-order valence-electron chi connectivity index (χ0n) is 14.6. The highest BCUT2D eigenvalue weighted by Gasteiger charge is 2.33. The molecule has 2 heterocycles. The van der Waals surface area contributed by atoms with Gasteiger partial charge in [-0.15, -0.1) is 0 Å². The zero-order valence-corrected chi connectivity index (χ0v) is 14.6. The van der Waals surface area contributed by atoms with Crippen molar-refractivity contribution in [3.05, 3.63) is 83.8 Å². The number of carbonyl (C=O) groups is 1. The maximum absolute atomic E-state index is 12.7. The molecule has 2 aromatic carbocycles. The number of aromatic nitrogens is 2. The molecule has 1 aliphatic heterocycles. The van der Waals surface area contributed by atoms with Gasteiger partial charge in [0.2, 0.25) is 0 Å². The smallest absolute Gasteiger partial charge is 0.255 e. The van der Waals surface area contributed by atoms with E-state index < -0.39 is 18.1 Å². The molecule has 0 spiro atoms. The van der Waals surface area contributed by atoms with E-state index in [2.05, 4.69) is 9.97 Å². The van der Waals surface area contributed by atoms with Crippen LogP contribution in [0.15, 0.2) is 67.0 Å². The summed E-state index contributed by atoms with van der Waals surface area (Å²) in [6, 6.07) is 17.2. The van der Waals surface area contributed by atoms with Crippen molar-refractivity contribution in [2.24, 2.45) is 0 Å². The van der Waals surface area contributed by atoms with Gasteiger partial charge >= 0.3 is 0 Å². The monoisotopic (exact) mass is 361 g/mol. The largest absolute Gasteiger partial charge is 0.383 e. The second kappa shape index (κ2) is 7.26. The van der Waals surface area contributed by atoms with Gasteiger partial charge in [-0.3, -0.25) is 9.78 Å². The number of nitrogens with zero attached hydrogens (tertiary/aromatic N) is 3. The molecular weight excluding hydrogens is 342 g/mol. The van der Waals surface area contributed by atoms with E-state index in [0.29, 0.717) is 18.8 Å². The highest BCUT2D eigenvalue weighted by molar-refractivity contribution is 5.82. The number of fused-ring (bicyclic) bond motifs is 1. The number of aliphatic hydroxyl groups excluding tert-OH is 2. The second-order valence-electron chi connectivity index (χ2n) is 6.55. The van der Waals surface area contributed by atoms with Crippen LogP contribution in [-0.2, 0) is 17.9 Å². The number of hydrogen-bond acceptors (Lipinski definition) is 5. The standard InChI is InChI=1S/C21H19N3O3/c25-19(18-11-22-10-17(23-18)14-6-2-1-3-7-14)20(26)21(27)24-12-15-8-4-5-9-16(15)13-24/h1-11,19-20,25-26H,12-13H2. The van der Waals surface area contributed by atoms with E-state index in [0.717, 1.165) is 16.7 Å². The molecule has 27 heavy (non-hydrogen) atoms. The molecule has 1 aromatic heterocycles. The second-order valence-corrected chi connectivity index (χ2v) is 6.55. The lowest BCUT2D eigenvalue weighted by Crippen LogP contribution is -2.39. The van der Waals surface area contributed by atoms with Crippen molar-refractivity contribution < 1.29 is 15.0 Å². The van der Waals surface area contributed by atoms with Crippen LogP contribution in [0.25, 0.3) is 11.3 Å². The minimum Gasteiger partial charge on any atom is -0.383 e. The van der Waals surface area contributed by atoms with E-state index in [1.165, 1.54) is 11.1 Å². The van der Waals surface area contributed by atoms with Gasteiger partial charge in [0.1, 0.15) is 6.10 Å². The summed E-state index contributed by atoms with van der Waals surface area (Å²) in [5.74, 6) is -0.523. The quantitative estimate of drug-likeness (QED) is 0.743. The molecule has 3 aromatic rings. The molecule has 1 amide bonds. The minimum atomic E-state index is -1.60. The first-order valence-corrected chi connectivity index (χ1v) is 8.72. The van der Waals surface area contributed by atoms with Crippen molar-refractivity contribution in [2.75, 3.05) is 0 Å². The first-order valence-electron chi connectivity index (χ1n) is 8.72. The molecule has 6 heteroatoms. The number of rotatable bonds is 4. The highest BCUT2D eigenvalue weighted by Crippen LogP contribution is 2.26. The minimum absolute atomic E-state index is 0.161. The van der Waals surface area contributed by atoms with E-state index in [1.807, 2.05) is 54.6 Å². The summed E-state index contributed by atoms with van der Waals surface area (Å²) in [7, 11) is 0. The molecule has 0 radical (unpaired) electrons. The Kier molecular flexibility index (Phi) is 4.66. The van der Waals surface area contributed by atoms with Gasteiger partial charge in [0.15, 0.2) is 6.10 Å². The van der Waals surface area contributed by atoms with Gasteiger partial charge in [0.25, 0.3) is 5.91 Å². The molecule has 6 nitrogen and oxygen atoms in total. The van der Waals surface area contributed by atoms with Gasteiger partial charge in [0, 0.05) is 18.7 Å². The Labute approximate surface area is 156 Å². The summed E-state index contributed by atoms with van der Waals surface area (Å²) in [6.45, 7) is 0.850. The Morgan fingerprint density at radius 3 is 2.22 bits per heavy atom. The topological polar surface area (TPSA) is 86.5 Å². The number of benzene rings is 2. The van der Waals surface area contributed by atoms with Crippen molar-refractivity contribution in [3.8, 4) is 11.3 Å². The summed E-state index contributed by atoms with van der Waals surface area (Å²) >= 11 is 0. The lowest BCUT2D eigenvalue weighted by atomic mass is 10.1. The third-order valence-electron chi connectivity index (χ3n) is 4.73.